The summed E-state index contributed by atoms with van der Waals surface area (Å²) in [5, 5.41) is 22.6. The Morgan fingerprint density at radius 2 is 1.78 bits per heavy atom. The van der Waals surface area contributed by atoms with Gasteiger partial charge in [0.2, 0.25) is 17.7 Å². The fraction of sp³-hybridized carbons (Fsp3) is 0.750. The molecule has 0 saturated carbocycles. The molecule has 0 aliphatic carbocycles. The topological polar surface area (TPSA) is 166 Å². The third-order valence-corrected chi connectivity index (χ3v) is 7.28. The number of carboxylic acid groups (broad SMARTS) is 1. The van der Waals surface area contributed by atoms with Gasteiger partial charge in [-0.1, -0.05) is 26.7 Å². The highest BCUT2D eigenvalue weighted by Gasteiger charge is 2.42. The number of fused-ring (bicyclic) bond motifs is 1. The lowest BCUT2D eigenvalue weighted by atomic mass is 9.99. The van der Waals surface area contributed by atoms with E-state index in [2.05, 4.69) is 26.6 Å². The van der Waals surface area contributed by atoms with E-state index in [4.69, 9.17) is 0 Å². The molecule has 2 aliphatic rings. The van der Waals surface area contributed by atoms with Gasteiger partial charge in [0.05, 0.1) is 25.2 Å². The highest BCUT2D eigenvalue weighted by molar-refractivity contribution is 8.00. The molecule has 6 N–H and O–H groups in total. The predicted octanol–water partition coefficient (Wildman–Crippen LogP) is -0.440. The van der Waals surface area contributed by atoms with Crippen molar-refractivity contribution in [1.82, 2.24) is 26.6 Å². The van der Waals surface area contributed by atoms with Gasteiger partial charge in [0.15, 0.2) is 0 Å². The molecule has 0 spiro atoms. The van der Waals surface area contributed by atoms with E-state index in [1.165, 1.54) is 0 Å². The highest BCUT2D eigenvalue weighted by atomic mass is 32.2. The minimum absolute atomic E-state index is 0.113. The first kappa shape index (κ1) is 25.8. The standard InChI is InChI=1S/C20H33N5O6S/c1-3-11(2)17(19(29)30)24-16(28)9-22-15(27)8-21-14(26)7-5-4-6-13-18-12(10-32-13)23-20(31)25-18/h11-13,17-18H,3-10H2,1-2H3,(H,21,26)(H,22,27)(H,24,28)(H,29,30)(H2,23,25,31)/t11-,12-,13-,17-,18-/m0/s1. The van der Waals surface area contributed by atoms with Crippen LogP contribution in [0.3, 0.4) is 0 Å². The van der Waals surface area contributed by atoms with Gasteiger partial charge >= 0.3 is 12.0 Å². The van der Waals surface area contributed by atoms with E-state index in [0.717, 1.165) is 18.6 Å². The number of carbonyl (C=O) groups excluding carboxylic acids is 4. The Bertz CT molecular complexity index is 721. The summed E-state index contributed by atoms with van der Waals surface area (Å²) in [7, 11) is 0. The quantitative estimate of drug-likeness (QED) is 0.156. The molecule has 2 aliphatic heterocycles. The molecule has 11 nitrogen and oxygen atoms in total. The average Bonchev–Trinajstić information content (AvgIpc) is 3.30. The minimum atomic E-state index is -1.12. The van der Waals surface area contributed by atoms with Gasteiger partial charge < -0.3 is 31.7 Å². The molecule has 5 amide bonds. The molecule has 32 heavy (non-hydrogen) atoms. The zero-order chi connectivity index (χ0) is 23.7. The number of hydrogen-bond donors (Lipinski definition) is 6. The van der Waals surface area contributed by atoms with E-state index < -0.39 is 23.8 Å². The van der Waals surface area contributed by atoms with Crippen LogP contribution in [0.25, 0.3) is 0 Å². The Morgan fingerprint density at radius 1 is 1.09 bits per heavy atom. The molecule has 5 atom stereocenters. The number of carboxylic acids is 1. The summed E-state index contributed by atoms with van der Waals surface area (Å²) >= 11 is 1.83. The summed E-state index contributed by atoms with van der Waals surface area (Å²) in [6.07, 6.45) is 3.31. The number of unbranched alkanes of at least 4 members (excludes halogenated alkanes) is 1. The molecule has 0 aromatic carbocycles. The van der Waals surface area contributed by atoms with Gasteiger partial charge in [-0.2, -0.15) is 11.8 Å². The van der Waals surface area contributed by atoms with E-state index in [1.807, 2.05) is 18.7 Å². The van der Waals surface area contributed by atoms with E-state index in [1.54, 1.807) is 6.92 Å². The first-order chi connectivity index (χ1) is 15.2. The second-order valence-corrected chi connectivity index (χ2v) is 9.46. The Balaban J connectivity index is 1.55. The van der Waals surface area contributed by atoms with Gasteiger partial charge in [-0.25, -0.2) is 9.59 Å². The number of carbonyl (C=O) groups is 5. The lowest BCUT2D eigenvalue weighted by molar-refractivity contribution is -0.143. The number of aliphatic carboxylic acids is 1. The fourth-order valence-corrected chi connectivity index (χ4v) is 5.23. The highest BCUT2D eigenvalue weighted by Crippen LogP contribution is 2.33. The lowest BCUT2D eigenvalue weighted by Crippen LogP contribution is -2.49. The van der Waals surface area contributed by atoms with Crippen LogP contribution in [0, 0.1) is 5.92 Å². The molecule has 0 aromatic rings. The number of nitrogens with one attached hydrogen (secondary N) is 5. The van der Waals surface area contributed by atoms with Crippen LogP contribution < -0.4 is 26.6 Å². The normalized spacial score (nSPS) is 23.3. The zero-order valence-corrected chi connectivity index (χ0v) is 19.3. The summed E-state index contributed by atoms with van der Waals surface area (Å²) in [6.45, 7) is 2.94. The third kappa shape index (κ3) is 7.88. The monoisotopic (exact) mass is 471 g/mol. The molecule has 2 fully saturated rings. The van der Waals surface area contributed by atoms with Crippen molar-refractivity contribution in [2.45, 2.75) is 69.3 Å². The van der Waals surface area contributed by atoms with E-state index >= 15 is 0 Å². The van der Waals surface area contributed by atoms with Gasteiger partial charge in [-0.05, 0) is 18.8 Å². The van der Waals surface area contributed by atoms with Crippen LogP contribution in [0.1, 0.15) is 46.0 Å². The molecular weight excluding hydrogens is 438 g/mol. The molecule has 0 unspecified atom stereocenters. The van der Waals surface area contributed by atoms with E-state index in [-0.39, 0.29) is 43.0 Å². The summed E-state index contributed by atoms with van der Waals surface area (Å²) in [4.78, 5) is 58.3. The summed E-state index contributed by atoms with van der Waals surface area (Å²) in [6, 6.07) is -0.791. The predicted molar refractivity (Wildman–Crippen MR) is 119 cm³/mol. The molecule has 180 valence electrons. The van der Waals surface area contributed by atoms with Crippen molar-refractivity contribution >= 4 is 41.5 Å². The van der Waals surface area contributed by atoms with Gasteiger partial charge in [0, 0.05) is 17.4 Å². The van der Waals surface area contributed by atoms with Crippen molar-refractivity contribution in [3.63, 3.8) is 0 Å². The number of thioether (sulfide) groups is 1. The zero-order valence-electron chi connectivity index (χ0n) is 18.4. The van der Waals surface area contributed by atoms with Gasteiger partial charge in [0.1, 0.15) is 6.04 Å². The molecule has 2 rings (SSSR count). The molecule has 12 heteroatoms. The Morgan fingerprint density at radius 3 is 2.47 bits per heavy atom. The maximum absolute atomic E-state index is 11.9. The van der Waals surface area contributed by atoms with Crippen molar-refractivity contribution in [3.8, 4) is 0 Å². The van der Waals surface area contributed by atoms with E-state index in [0.29, 0.717) is 24.5 Å². The Hall–Kier alpha value is -2.50. The lowest BCUT2D eigenvalue weighted by Gasteiger charge is -2.20. The van der Waals surface area contributed by atoms with Gasteiger partial charge in [-0.3, -0.25) is 14.4 Å². The Labute approximate surface area is 191 Å². The summed E-state index contributed by atoms with van der Waals surface area (Å²) in [5.41, 5.74) is 0. The average molecular weight is 472 g/mol. The van der Waals surface area contributed by atoms with Crippen molar-refractivity contribution in [2.24, 2.45) is 5.92 Å². The van der Waals surface area contributed by atoms with Crippen LogP contribution in [0.15, 0.2) is 0 Å². The fourth-order valence-electron chi connectivity index (χ4n) is 3.69. The van der Waals surface area contributed by atoms with Crippen LogP contribution in [-0.2, 0) is 19.2 Å². The second-order valence-electron chi connectivity index (χ2n) is 8.19. The van der Waals surface area contributed by atoms with Crippen LogP contribution in [0.4, 0.5) is 4.79 Å². The SMILES string of the molecule is CC[C@H](C)[C@H](NC(=O)CNC(=O)CNC(=O)CCCC[C@@H]1SC[C@@H]2NC(=O)N[C@@H]21)C(=O)O. The summed E-state index contributed by atoms with van der Waals surface area (Å²) in [5.74, 6) is -1.84. The Kier molecular flexibility index (Phi) is 10.1. The first-order valence-electron chi connectivity index (χ1n) is 11.0. The van der Waals surface area contributed by atoms with Crippen molar-refractivity contribution < 1.29 is 29.1 Å². The minimum Gasteiger partial charge on any atom is -0.480 e. The largest absolute Gasteiger partial charge is 0.480 e. The van der Waals surface area contributed by atoms with Crippen molar-refractivity contribution in [2.75, 3.05) is 18.8 Å². The van der Waals surface area contributed by atoms with E-state index in [9.17, 15) is 29.1 Å². The molecule has 0 radical (unpaired) electrons. The van der Waals surface area contributed by atoms with Crippen molar-refractivity contribution in [1.29, 1.82) is 0 Å². The smallest absolute Gasteiger partial charge is 0.326 e. The molecule has 2 heterocycles. The van der Waals surface area contributed by atoms with Crippen LogP contribution in [-0.4, -0.2) is 77.0 Å². The van der Waals surface area contributed by atoms with Gasteiger partial charge in [0.25, 0.3) is 0 Å². The van der Waals surface area contributed by atoms with Crippen LogP contribution >= 0.6 is 11.8 Å². The second kappa shape index (κ2) is 12.5. The first-order valence-corrected chi connectivity index (χ1v) is 12.0. The number of urea groups is 1. The van der Waals surface area contributed by atoms with Crippen LogP contribution in [0.2, 0.25) is 0 Å². The maximum atomic E-state index is 11.9. The van der Waals surface area contributed by atoms with Gasteiger partial charge in [-0.15, -0.1) is 0 Å². The molecule has 0 bridgehead atoms. The van der Waals surface area contributed by atoms with Crippen LogP contribution in [0.5, 0.6) is 0 Å². The summed E-state index contributed by atoms with van der Waals surface area (Å²) < 4.78 is 0. The third-order valence-electron chi connectivity index (χ3n) is 5.77. The number of rotatable bonds is 13. The molecule has 0 aromatic heterocycles. The van der Waals surface area contributed by atoms with Crippen molar-refractivity contribution in [3.05, 3.63) is 0 Å². The molecule has 2 saturated heterocycles. The number of hydrogen-bond acceptors (Lipinski definition) is 6. The number of amides is 5. The maximum Gasteiger partial charge on any atom is 0.326 e. The molecular formula is C20H33N5O6S.